The maximum atomic E-state index is 11.7. The van der Waals surface area contributed by atoms with Gasteiger partial charge >= 0.3 is 35.8 Å². The van der Waals surface area contributed by atoms with Crippen LogP contribution < -0.4 is 52.6 Å². The molecule has 0 bridgehead atoms. The molecule has 9 atom stereocenters. The second kappa shape index (κ2) is 67.9. The van der Waals surface area contributed by atoms with E-state index in [0.717, 1.165) is 22.4 Å². The van der Waals surface area contributed by atoms with E-state index in [0.29, 0.717) is 87.7 Å². The minimum absolute atomic E-state index is 0.00759. The lowest BCUT2D eigenvalue weighted by Crippen LogP contribution is -2.31. The molecule has 9 aliphatic rings. The molecule has 0 radical (unpaired) electrons. The lowest BCUT2D eigenvalue weighted by atomic mass is 10.1. The highest BCUT2D eigenvalue weighted by Gasteiger charge is 2.37. The van der Waals surface area contributed by atoms with Crippen molar-refractivity contribution in [1.29, 1.82) is 0 Å². The summed E-state index contributed by atoms with van der Waals surface area (Å²) in [5, 5.41) is 33.5. The van der Waals surface area contributed by atoms with Crippen molar-refractivity contribution >= 4 is 176 Å². The lowest BCUT2D eigenvalue weighted by molar-refractivity contribution is -0.385. The first-order valence-electron chi connectivity index (χ1n) is 45.5. The molecule has 0 spiro atoms. The van der Waals surface area contributed by atoms with Crippen LogP contribution in [0.2, 0.25) is 0 Å². The first kappa shape index (κ1) is 122. The van der Waals surface area contributed by atoms with Gasteiger partial charge in [-0.25, -0.2) is 0 Å². The van der Waals surface area contributed by atoms with E-state index in [1.165, 1.54) is 31.0 Å². The Kier molecular flexibility index (Phi) is 57.1. The van der Waals surface area contributed by atoms with Crippen LogP contribution in [0.1, 0.15) is 176 Å². The van der Waals surface area contributed by atoms with Crippen molar-refractivity contribution in [2.24, 2.45) is 0 Å². The molecule has 46 heteroatoms. The van der Waals surface area contributed by atoms with Crippen molar-refractivity contribution in [3.63, 3.8) is 0 Å². The summed E-state index contributed by atoms with van der Waals surface area (Å²) in [5.41, 5.74) is 3.43. The normalized spacial score (nSPS) is 19.4. The van der Waals surface area contributed by atoms with E-state index < -0.39 is 65.2 Å². The predicted molar refractivity (Wildman–Crippen MR) is 515 cm³/mol. The van der Waals surface area contributed by atoms with Crippen molar-refractivity contribution in [3.8, 4) is 30.4 Å². The van der Waals surface area contributed by atoms with Gasteiger partial charge in [0.25, 0.3) is 5.69 Å². The average molecular weight is 2060 g/mol. The molecular weight excluding hydrogens is 1940 g/mol. The molecular formula is C99H117ClN10O34S. The number of para-hydroxylation sites is 1. The zero-order valence-corrected chi connectivity index (χ0v) is 81.4. The smallest absolute Gasteiger partial charge is 0.306 e. The van der Waals surface area contributed by atoms with Gasteiger partial charge in [-0.2, -0.15) is 11.8 Å². The maximum absolute atomic E-state index is 11.7. The summed E-state index contributed by atoms with van der Waals surface area (Å²) in [4.78, 5) is 276. The van der Waals surface area contributed by atoms with Crippen molar-refractivity contribution in [2.45, 2.75) is 227 Å². The third-order valence-corrected chi connectivity index (χ3v) is 22.2. The number of amides is 9. The van der Waals surface area contributed by atoms with Gasteiger partial charge < -0.3 is 85.7 Å². The molecule has 780 valence electrons. The SMILES string of the molecule is C#CCC1NC(=O)CC1=O.C#CCOC(=O)CC[C@@H]1NC(=O)CC1=O.C=CCC1NC(=O)CC1=O.C=CCOC(=O)CC[C@@H]1NC(=O)CC1=O.C=CCOc1ccc(COC(=O)CC[C@@H]2NC(=O)CC2=O)cc1.C=Cc1ccc(COC(=O)CC[C@@H]2NC(=O)CC2=O)cc1.COCCOC(=O)CC[C@@H]1NC(=O)CC1=O.O=C1CC(=O)[C@H](CCC(=O)OCCCCl)N1.O=C1CC(=O)[C@H](CSCc2ccccc2[N+](=O)[O-])N1. The highest BCUT2D eigenvalue weighted by molar-refractivity contribution is 7.98. The fraction of sp³-hybridized carbons (Fsp3) is 0.455. The molecule has 9 fully saturated rings. The van der Waals surface area contributed by atoms with Gasteiger partial charge in [0.15, 0.2) is 58.7 Å². The Bertz CT molecular complexity index is 5220. The highest BCUT2D eigenvalue weighted by atomic mass is 35.5. The van der Waals surface area contributed by atoms with Crippen molar-refractivity contribution in [3.05, 3.63) is 150 Å². The van der Waals surface area contributed by atoms with Gasteiger partial charge in [-0.05, 0) is 80.2 Å². The van der Waals surface area contributed by atoms with Gasteiger partial charge in [0, 0.05) is 81.1 Å². The van der Waals surface area contributed by atoms with Crippen LogP contribution in [-0.2, 0) is 167 Å². The molecule has 3 aromatic rings. The average Bonchev–Trinajstić information content (AvgIpc) is 1.73. The van der Waals surface area contributed by atoms with Crippen LogP contribution in [0.25, 0.3) is 6.08 Å². The number of terminal acetylenes is 2. The molecule has 0 saturated carbocycles. The number of hydrogen-bond donors (Lipinski definition) is 9. The van der Waals surface area contributed by atoms with Crippen molar-refractivity contribution in [2.75, 3.05) is 58.4 Å². The van der Waals surface area contributed by atoms with Crippen LogP contribution in [-0.4, -0.2) is 259 Å². The zero-order valence-electron chi connectivity index (χ0n) is 79.8. The number of ether oxygens (including phenoxy) is 8. The molecule has 9 amide bonds. The molecule has 9 saturated heterocycles. The topological polar surface area (TPSA) is 635 Å². The molecule has 145 heavy (non-hydrogen) atoms. The number of methoxy groups -OCH3 is 1. The van der Waals surface area contributed by atoms with Crippen LogP contribution in [0.4, 0.5) is 5.69 Å². The lowest BCUT2D eigenvalue weighted by Gasteiger charge is -2.09. The Morgan fingerprint density at radius 1 is 0.407 bits per heavy atom. The first-order chi connectivity index (χ1) is 69.2. The number of nitrogens with one attached hydrogen (secondary N) is 9. The van der Waals surface area contributed by atoms with E-state index in [2.05, 4.69) is 90.7 Å². The van der Waals surface area contributed by atoms with E-state index >= 15 is 0 Å². The molecule has 3 aromatic carbocycles. The molecule has 2 unspecified atom stereocenters. The van der Waals surface area contributed by atoms with Crippen LogP contribution >= 0.6 is 23.4 Å². The molecule has 44 nitrogen and oxygen atoms in total. The molecule has 0 aromatic heterocycles. The van der Waals surface area contributed by atoms with E-state index in [-0.39, 0.29) is 283 Å². The second-order valence-corrected chi connectivity index (χ2v) is 33.7. The van der Waals surface area contributed by atoms with Crippen LogP contribution in [0, 0.1) is 34.8 Å². The number of benzene rings is 3. The van der Waals surface area contributed by atoms with E-state index in [1.807, 2.05) is 36.4 Å². The molecule has 9 heterocycles. The molecule has 12 rings (SSSR count). The number of carbonyl (C=O) groups is 24. The van der Waals surface area contributed by atoms with E-state index in [9.17, 15) is 125 Å². The Hall–Kier alpha value is -15.4. The zero-order chi connectivity index (χ0) is 107. The number of nitro benzene ring substituents is 1. The Balaban J connectivity index is 0.000000343. The number of Topliss-reactive ketones (excluding diaryl/α,β-unsaturated/α-hetero) is 9. The summed E-state index contributed by atoms with van der Waals surface area (Å²) in [6.07, 6.45) is 19.7. The fourth-order valence-electron chi connectivity index (χ4n) is 13.4. The minimum atomic E-state index is -0.559. The van der Waals surface area contributed by atoms with Gasteiger partial charge in [-0.15, -0.1) is 36.9 Å². The fourth-order valence-corrected chi connectivity index (χ4v) is 14.6. The second-order valence-electron chi connectivity index (χ2n) is 32.3. The first-order valence-corrected chi connectivity index (χ1v) is 47.2. The van der Waals surface area contributed by atoms with Gasteiger partial charge in [-0.1, -0.05) is 105 Å². The number of thioether (sulfide) groups is 1. The van der Waals surface area contributed by atoms with Gasteiger partial charge in [-0.3, -0.25) is 125 Å². The number of esters is 6. The summed E-state index contributed by atoms with van der Waals surface area (Å²) >= 11 is 6.82. The standard InChI is InChI=1S/C17H19NO5.C16H17NO4.C12H12N2O4S.C10H14ClNO4.C10H15NO5.C10H13NO4.C10H11NO4.C7H9NO2.C7H7NO2/c1-2-9-22-13-5-3-12(4-6-13)11-23-17(21)8-7-14-15(19)10-16(20)18-14;1-2-11-3-5-12(6-4-11)10-21-16(20)8-7-13-14(18)9-15(19)17-13;15-11-5-12(16)13-9(11)7-19-6-8-3-1-2-4-10(8)14(17)18;11-4-1-5-16-10(15)3-2-7-8(13)6-9(14)12-7;1-15-4-5-16-10(14)3-2-7-8(12)6-9(13)11-7;2*1-2-5-15-10(14)4-3-7-8(12)6-9(13)11-7;2*1-2-3-5-6(9)4-7(10)8-5/h2-6,14H,1,7-11H2,(H,18,20);2-6,13H,1,7-10H2,(H,17,19);1-4,9H,5-7H2,(H,13,16);7H,1-6H2,(H,12,14);7H,2-6H2,1H3,(H,11,13);2,7H,1,3-6H2,(H,11,13);1,7H,3-6H2,(H,11,13);2,5H,1,3-4H2,(H,8,10);1,5H,3-4H2,(H,8,10)/t14-;13-;9-;4*7-;;/m0000000../s1. The number of carbonyl (C=O) groups excluding carboxylic acids is 24. The number of halogens is 1. The molecule has 9 aliphatic heterocycles. The number of rotatable bonds is 43. The summed E-state index contributed by atoms with van der Waals surface area (Å²) < 4.78 is 39.4. The summed E-state index contributed by atoms with van der Waals surface area (Å²) in [7, 11) is 1.51. The number of ketones is 9. The maximum Gasteiger partial charge on any atom is 0.306 e. The highest BCUT2D eigenvalue weighted by Crippen LogP contribution is 2.25. The third kappa shape index (κ3) is 49.7. The summed E-state index contributed by atoms with van der Waals surface area (Å²) in [6, 6.07) is 16.8. The predicted octanol–water partition coefficient (Wildman–Crippen LogP) is 3.08. The number of nitro groups is 1. The molecule has 9 N–H and O–H groups in total. The quantitative estimate of drug-likeness (QED) is 0.00452. The van der Waals surface area contributed by atoms with Gasteiger partial charge in [0.2, 0.25) is 53.2 Å². The van der Waals surface area contributed by atoms with Crippen LogP contribution in [0.5, 0.6) is 5.75 Å². The number of nitrogens with zero attached hydrogens (tertiary/aromatic N) is 1. The Morgan fingerprint density at radius 3 is 1.06 bits per heavy atom. The minimum Gasteiger partial charge on any atom is -0.490 e. The Morgan fingerprint density at radius 2 is 0.738 bits per heavy atom. The number of hydrogen-bond acceptors (Lipinski definition) is 35. The van der Waals surface area contributed by atoms with Gasteiger partial charge in [0.05, 0.1) is 130 Å². The molecule has 0 aliphatic carbocycles. The largest absolute Gasteiger partial charge is 0.490 e. The van der Waals surface area contributed by atoms with E-state index in [1.54, 1.807) is 48.6 Å². The Labute approximate surface area is 843 Å². The number of alkyl halides is 1. The van der Waals surface area contributed by atoms with Crippen LogP contribution in [0.3, 0.4) is 0 Å². The summed E-state index contributed by atoms with van der Waals surface area (Å²) in [6.45, 7) is 15.9. The van der Waals surface area contributed by atoms with Crippen molar-refractivity contribution in [1.82, 2.24) is 47.9 Å². The van der Waals surface area contributed by atoms with E-state index in [4.69, 9.17) is 57.6 Å². The van der Waals surface area contributed by atoms with Crippen molar-refractivity contribution < 1.29 is 158 Å². The van der Waals surface area contributed by atoms with Crippen LogP contribution in [0.15, 0.2) is 117 Å². The summed E-state index contributed by atoms with van der Waals surface area (Å²) in [5.74, 6) is 0.664. The monoisotopic (exact) mass is 2060 g/mol. The third-order valence-electron chi connectivity index (χ3n) is 20.9. The van der Waals surface area contributed by atoms with Gasteiger partial charge in [0.1, 0.15) is 38.8 Å².